The molecule has 0 saturated carbocycles. The first-order valence-corrected chi connectivity index (χ1v) is 3.20. The van der Waals surface area contributed by atoms with Crippen LogP contribution in [0.4, 0.5) is 0 Å². The summed E-state index contributed by atoms with van der Waals surface area (Å²) in [7, 11) is 0. The Hall–Kier alpha value is -1.11. The van der Waals surface area contributed by atoms with Crippen LogP contribution in [0.25, 0.3) is 0 Å². The van der Waals surface area contributed by atoms with Crippen molar-refractivity contribution in [3.05, 3.63) is 36.5 Å². The van der Waals surface area contributed by atoms with E-state index < -0.39 is 0 Å². The van der Waals surface area contributed by atoms with Gasteiger partial charge in [-0.1, -0.05) is 30.9 Å². The molecule has 0 spiro atoms. The Morgan fingerprint density at radius 3 is 2.30 bits per heavy atom. The highest BCUT2D eigenvalue weighted by Gasteiger charge is 1.85. The second kappa shape index (κ2) is 4.74. The van der Waals surface area contributed by atoms with Crippen LogP contribution in [-0.2, 0) is 0 Å². The lowest BCUT2D eigenvalue weighted by Gasteiger charge is -1.91. The number of nitrogens with one attached hydrogen (secondary N) is 1. The average Bonchev–Trinajstić information content (AvgIpc) is 1.88. The smallest absolute Gasteiger partial charge is 0.0312 e. The first-order valence-electron chi connectivity index (χ1n) is 3.20. The van der Waals surface area contributed by atoms with Gasteiger partial charge in [0.05, 0.1) is 0 Å². The molecule has 0 fully saturated rings. The molecule has 0 aliphatic carbocycles. The molecular formula is C9H13N. The van der Waals surface area contributed by atoms with Gasteiger partial charge in [-0.25, -0.2) is 0 Å². The lowest BCUT2D eigenvalue weighted by atomic mass is 10.2. The predicted molar refractivity (Wildman–Crippen MR) is 46.5 cm³/mol. The molecule has 10 heavy (non-hydrogen) atoms. The van der Waals surface area contributed by atoms with E-state index in [1.54, 1.807) is 13.0 Å². The quantitative estimate of drug-likeness (QED) is 0.454. The highest BCUT2D eigenvalue weighted by Crippen LogP contribution is 1.94. The lowest BCUT2D eigenvalue weighted by molar-refractivity contribution is 1.42. The molecule has 1 heteroatoms. The third-order valence-corrected chi connectivity index (χ3v) is 1.18. The van der Waals surface area contributed by atoms with Crippen LogP contribution in [-0.4, -0.2) is 5.71 Å². The van der Waals surface area contributed by atoms with E-state index >= 15 is 0 Å². The topological polar surface area (TPSA) is 23.9 Å². The molecule has 0 aromatic heterocycles. The van der Waals surface area contributed by atoms with Crippen LogP contribution in [0.5, 0.6) is 0 Å². The van der Waals surface area contributed by atoms with E-state index in [9.17, 15) is 0 Å². The predicted octanol–water partition coefficient (Wildman–Crippen LogP) is 2.71. The van der Waals surface area contributed by atoms with Gasteiger partial charge in [0.2, 0.25) is 0 Å². The van der Waals surface area contributed by atoms with E-state index in [1.807, 2.05) is 25.2 Å². The van der Waals surface area contributed by atoms with Gasteiger partial charge in [-0.15, -0.1) is 0 Å². The summed E-state index contributed by atoms with van der Waals surface area (Å²) in [6, 6.07) is 0. The van der Waals surface area contributed by atoms with Crippen LogP contribution in [0.1, 0.15) is 13.8 Å². The summed E-state index contributed by atoms with van der Waals surface area (Å²) in [6.07, 6.45) is 7.32. The Labute approximate surface area is 62.3 Å². The summed E-state index contributed by atoms with van der Waals surface area (Å²) in [4.78, 5) is 0. The molecule has 0 heterocycles. The van der Waals surface area contributed by atoms with Crippen molar-refractivity contribution in [1.29, 1.82) is 5.41 Å². The molecule has 0 aromatic rings. The minimum absolute atomic E-state index is 0.605. The fourth-order valence-electron chi connectivity index (χ4n) is 0.403. The molecule has 0 aromatic carbocycles. The van der Waals surface area contributed by atoms with Crippen molar-refractivity contribution in [3.8, 4) is 0 Å². The highest BCUT2D eigenvalue weighted by atomic mass is 14.4. The van der Waals surface area contributed by atoms with Crippen molar-refractivity contribution in [2.24, 2.45) is 0 Å². The maximum absolute atomic E-state index is 7.21. The van der Waals surface area contributed by atoms with Crippen LogP contribution >= 0.6 is 0 Å². The number of allylic oxidation sites excluding steroid dienone is 5. The number of hydrogen-bond acceptors (Lipinski definition) is 1. The second-order valence-corrected chi connectivity index (χ2v) is 2.10. The first kappa shape index (κ1) is 8.89. The third kappa shape index (κ3) is 3.84. The molecule has 0 atom stereocenters. The summed E-state index contributed by atoms with van der Waals surface area (Å²) in [5.41, 5.74) is 1.59. The molecule has 1 N–H and O–H groups in total. The summed E-state index contributed by atoms with van der Waals surface area (Å²) in [6.45, 7) is 7.22. The molecular weight excluding hydrogens is 122 g/mol. The van der Waals surface area contributed by atoms with Crippen LogP contribution in [0.3, 0.4) is 0 Å². The zero-order valence-electron chi connectivity index (χ0n) is 6.52. The van der Waals surface area contributed by atoms with Gasteiger partial charge in [0.1, 0.15) is 0 Å². The Kier molecular flexibility index (Phi) is 4.21. The van der Waals surface area contributed by atoms with Crippen LogP contribution < -0.4 is 0 Å². The van der Waals surface area contributed by atoms with Crippen molar-refractivity contribution in [2.45, 2.75) is 13.8 Å². The molecule has 0 aliphatic rings. The van der Waals surface area contributed by atoms with E-state index in [2.05, 4.69) is 6.58 Å². The van der Waals surface area contributed by atoms with Gasteiger partial charge in [0.25, 0.3) is 0 Å². The Morgan fingerprint density at radius 1 is 1.30 bits per heavy atom. The molecule has 1 nitrogen and oxygen atoms in total. The molecule has 0 radical (unpaired) electrons. The van der Waals surface area contributed by atoms with Gasteiger partial charge in [0.15, 0.2) is 0 Å². The van der Waals surface area contributed by atoms with Gasteiger partial charge < -0.3 is 5.41 Å². The van der Waals surface area contributed by atoms with E-state index in [0.29, 0.717) is 5.71 Å². The summed E-state index contributed by atoms with van der Waals surface area (Å²) in [5, 5.41) is 7.21. The standard InChI is InChI=1S/C9H13N/c1-4-5-6-7-8(2)9(3)10/h4-7,10H,1H2,2-3H3/b6-5-,8-7+,10-9?. The Balaban J connectivity index is 4.04. The SMILES string of the molecule is C=C/C=C\C=C(/C)C(C)=N. The van der Waals surface area contributed by atoms with Crippen molar-refractivity contribution in [1.82, 2.24) is 0 Å². The fourth-order valence-corrected chi connectivity index (χ4v) is 0.403. The molecule has 0 amide bonds. The largest absolute Gasteiger partial charge is 0.305 e. The van der Waals surface area contributed by atoms with Gasteiger partial charge >= 0.3 is 0 Å². The molecule has 0 saturated heterocycles. The third-order valence-electron chi connectivity index (χ3n) is 1.18. The van der Waals surface area contributed by atoms with E-state index in [4.69, 9.17) is 5.41 Å². The maximum Gasteiger partial charge on any atom is 0.0312 e. The number of hydrogen-bond donors (Lipinski definition) is 1. The van der Waals surface area contributed by atoms with Crippen LogP contribution in [0, 0.1) is 5.41 Å². The summed E-state index contributed by atoms with van der Waals surface area (Å²) < 4.78 is 0. The number of rotatable bonds is 3. The lowest BCUT2D eigenvalue weighted by Crippen LogP contribution is -1.87. The Bertz CT molecular complexity index is 185. The van der Waals surface area contributed by atoms with Gasteiger partial charge in [0, 0.05) is 5.71 Å². The fraction of sp³-hybridized carbons (Fsp3) is 0.222. The molecule has 0 aliphatic heterocycles. The summed E-state index contributed by atoms with van der Waals surface area (Å²) in [5.74, 6) is 0. The molecule has 0 bridgehead atoms. The van der Waals surface area contributed by atoms with Gasteiger partial charge in [-0.2, -0.15) is 0 Å². The van der Waals surface area contributed by atoms with Crippen molar-refractivity contribution >= 4 is 5.71 Å². The Morgan fingerprint density at radius 2 is 1.90 bits per heavy atom. The average molecular weight is 135 g/mol. The van der Waals surface area contributed by atoms with Crippen molar-refractivity contribution in [2.75, 3.05) is 0 Å². The first-order chi connectivity index (χ1) is 4.68. The monoisotopic (exact) mass is 135 g/mol. The van der Waals surface area contributed by atoms with Gasteiger partial charge in [-0.05, 0) is 19.4 Å². The molecule has 0 rings (SSSR count). The van der Waals surface area contributed by atoms with Gasteiger partial charge in [-0.3, -0.25) is 0 Å². The van der Waals surface area contributed by atoms with Crippen molar-refractivity contribution < 1.29 is 0 Å². The zero-order chi connectivity index (χ0) is 7.98. The van der Waals surface area contributed by atoms with Crippen LogP contribution in [0.15, 0.2) is 36.5 Å². The van der Waals surface area contributed by atoms with Crippen LogP contribution in [0.2, 0.25) is 0 Å². The molecule has 54 valence electrons. The minimum Gasteiger partial charge on any atom is -0.305 e. The molecule has 0 unspecified atom stereocenters. The second-order valence-electron chi connectivity index (χ2n) is 2.10. The van der Waals surface area contributed by atoms with E-state index in [-0.39, 0.29) is 0 Å². The zero-order valence-corrected chi connectivity index (χ0v) is 6.52. The maximum atomic E-state index is 7.21. The minimum atomic E-state index is 0.605. The van der Waals surface area contributed by atoms with Crippen molar-refractivity contribution in [3.63, 3.8) is 0 Å². The van der Waals surface area contributed by atoms with E-state index in [1.165, 1.54) is 0 Å². The normalized spacial score (nSPS) is 12.0. The summed E-state index contributed by atoms with van der Waals surface area (Å²) >= 11 is 0. The highest BCUT2D eigenvalue weighted by molar-refractivity contribution is 5.95. The van der Waals surface area contributed by atoms with E-state index in [0.717, 1.165) is 5.57 Å².